The number of piperazine rings is 1. The molecule has 0 aliphatic carbocycles. The Balaban J connectivity index is 1.42. The number of carbonyl (C=O) groups is 2. The Morgan fingerprint density at radius 1 is 0.973 bits per heavy atom. The van der Waals surface area contributed by atoms with Crippen LogP contribution in [-0.2, 0) is 4.79 Å². The van der Waals surface area contributed by atoms with Crippen LogP contribution in [0.2, 0.25) is 0 Å². The Hall–Kier alpha value is -4.59. The summed E-state index contributed by atoms with van der Waals surface area (Å²) < 4.78 is 19.6. The summed E-state index contributed by atoms with van der Waals surface area (Å²) in [7, 11) is 1.60. The fourth-order valence-corrected chi connectivity index (χ4v) is 4.49. The van der Waals surface area contributed by atoms with Gasteiger partial charge in [0.25, 0.3) is 11.8 Å². The maximum atomic E-state index is 14.3. The number of hydrogen-bond donors (Lipinski definition) is 2. The van der Waals surface area contributed by atoms with Gasteiger partial charge in [-0.1, -0.05) is 30.3 Å². The number of anilines is 1. The van der Waals surface area contributed by atoms with Crippen molar-refractivity contribution < 1.29 is 18.7 Å². The van der Waals surface area contributed by atoms with Crippen LogP contribution >= 0.6 is 0 Å². The molecule has 4 aromatic rings. The highest BCUT2D eigenvalue weighted by atomic mass is 19.1. The predicted octanol–water partition coefficient (Wildman–Crippen LogP) is 4.44. The van der Waals surface area contributed by atoms with Gasteiger partial charge in [-0.15, -0.1) is 0 Å². The van der Waals surface area contributed by atoms with E-state index in [4.69, 9.17) is 4.74 Å². The van der Waals surface area contributed by atoms with E-state index in [2.05, 4.69) is 10.3 Å². The first kappa shape index (κ1) is 24.1. The Bertz CT molecular complexity index is 1460. The topological polar surface area (TPSA) is 77.7 Å². The maximum absolute atomic E-state index is 14.3. The summed E-state index contributed by atoms with van der Waals surface area (Å²) in [6, 6.07) is 21.0. The Labute approximate surface area is 214 Å². The first-order chi connectivity index (χ1) is 18.0. The summed E-state index contributed by atoms with van der Waals surface area (Å²) in [6.45, 7) is 1.76. The molecule has 2 N–H and O–H groups in total. The smallest absolute Gasteiger partial charge is 0.270 e. The van der Waals surface area contributed by atoms with Gasteiger partial charge in [-0.3, -0.25) is 9.59 Å². The number of para-hydroxylation sites is 1. The minimum atomic E-state index is -0.373. The molecule has 0 unspecified atom stereocenters. The number of aromatic nitrogens is 1. The van der Waals surface area contributed by atoms with Crippen LogP contribution in [0.1, 0.15) is 15.9 Å². The van der Waals surface area contributed by atoms with Crippen molar-refractivity contribution >= 4 is 34.5 Å². The summed E-state index contributed by atoms with van der Waals surface area (Å²) in [4.78, 5) is 33.5. The van der Waals surface area contributed by atoms with Crippen LogP contribution in [0.3, 0.4) is 0 Å². The fraction of sp³-hybridized carbons (Fsp3) is 0.172. The van der Waals surface area contributed by atoms with Gasteiger partial charge < -0.3 is 24.8 Å². The van der Waals surface area contributed by atoms with Gasteiger partial charge >= 0.3 is 0 Å². The lowest BCUT2D eigenvalue weighted by molar-refractivity contribution is -0.127. The largest absolute Gasteiger partial charge is 0.497 e. The Kier molecular flexibility index (Phi) is 6.89. The summed E-state index contributed by atoms with van der Waals surface area (Å²) in [5.74, 6) is -0.266. The van der Waals surface area contributed by atoms with E-state index < -0.39 is 0 Å². The van der Waals surface area contributed by atoms with Gasteiger partial charge in [-0.25, -0.2) is 4.39 Å². The molecular formula is C29H27FN4O3. The molecule has 7 nitrogen and oxygen atoms in total. The summed E-state index contributed by atoms with van der Waals surface area (Å²) in [5.41, 5.74) is 2.76. The third-order valence-electron chi connectivity index (χ3n) is 6.50. The van der Waals surface area contributed by atoms with E-state index in [1.807, 2.05) is 29.2 Å². The van der Waals surface area contributed by atoms with E-state index >= 15 is 0 Å². The van der Waals surface area contributed by atoms with Crippen molar-refractivity contribution in [2.45, 2.75) is 0 Å². The van der Waals surface area contributed by atoms with Crippen molar-refractivity contribution in [2.75, 3.05) is 38.2 Å². The molecule has 0 atom stereocenters. The van der Waals surface area contributed by atoms with Crippen LogP contribution < -0.4 is 15.0 Å². The molecular weight excluding hydrogens is 471 g/mol. The number of ether oxygens (including phenoxy) is 1. The lowest BCUT2D eigenvalue weighted by atomic mass is 10.1. The second-order valence-electron chi connectivity index (χ2n) is 8.76. The van der Waals surface area contributed by atoms with E-state index in [0.717, 1.165) is 16.5 Å². The number of methoxy groups -OCH3 is 1. The van der Waals surface area contributed by atoms with Gasteiger partial charge in [0.2, 0.25) is 0 Å². The third-order valence-corrected chi connectivity index (χ3v) is 6.50. The SMILES string of the molecule is COc1ccc2[nH]cc(C=C(NC(=O)c3ccccc3)C(=O)N3CCN(c4ccccc4F)CC3)c2c1. The van der Waals surface area contributed by atoms with Crippen molar-refractivity contribution in [1.29, 1.82) is 0 Å². The molecule has 0 spiro atoms. The van der Waals surface area contributed by atoms with E-state index in [1.54, 1.807) is 66.7 Å². The second-order valence-corrected chi connectivity index (χ2v) is 8.76. The Morgan fingerprint density at radius 2 is 1.70 bits per heavy atom. The number of halogens is 1. The van der Waals surface area contributed by atoms with E-state index in [9.17, 15) is 14.0 Å². The van der Waals surface area contributed by atoms with Gasteiger partial charge in [-0.2, -0.15) is 0 Å². The van der Waals surface area contributed by atoms with Crippen LogP contribution in [0.25, 0.3) is 17.0 Å². The van der Waals surface area contributed by atoms with Crippen LogP contribution in [0.5, 0.6) is 5.75 Å². The molecule has 1 aromatic heterocycles. The number of H-pyrrole nitrogens is 1. The van der Waals surface area contributed by atoms with Crippen molar-refractivity contribution in [3.63, 3.8) is 0 Å². The lowest BCUT2D eigenvalue weighted by Gasteiger charge is -2.36. The van der Waals surface area contributed by atoms with Crippen molar-refractivity contribution in [3.05, 3.63) is 102 Å². The molecule has 0 bridgehead atoms. The molecule has 8 heteroatoms. The summed E-state index contributed by atoms with van der Waals surface area (Å²) in [5, 5.41) is 3.69. The monoisotopic (exact) mass is 498 g/mol. The molecule has 2 amide bonds. The molecule has 1 fully saturated rings. The van der Waals surface area contributed by atoms with E-state index in [1.165, 1.54) is 6.07 Å². The van der Waals surface area contributed by atoms with Gasteiger partial charge in [-0.05, 0) is 48.5 Å². The number of benzene rings is 3. The second kappa shape index (κ2) is 10.6. The van der Waals surface area contributed by atoms with Crippen molar-refractivity contribution in [3.8, 4) is 5.75 Å². The molecule has 1 aliphatic heterocycles. The molecule has 0 saturated carbocycles. The highest BCUT2D eigenvalue weighted by Crippen LogP contribution is 2.26. The Morgan fingerprint density at radius 3 is 2.43 bits per heavy atom. The molecule has 1 aliphatic rings. The lowest BCUT2D eigenvalue weighted by Crippen LogP contribution is -2.50. The van der Waals surface area contributed by atoms with Crippen LogP contribution in [0.4, 0.5) is 10.1 Å². The number of rotatable bonds is 6. The van der Waals surface area contributed by atoms with Crippen LogP contribution in [0.15, 0.2) is 84.7 Å². The molecule has 188 valence electrons. The number of nitrogens with one attached hydrogen (secondary N) is 2. The zero-order valence-corrected chi connectivity index (χ0v) is 20.4. The van der Waals surface area contributed by atoms with E-state index in [-0.39, 0.29) is 23.3 Å². The first-order valence-corrected chi connectivity index (χ1v) is 12.1. The van der Waals surface area contributed by atoms with Crippen LogP contribution in [-0.4, -0.2) is 55.0 Å². The van der Waals surface area contributed by atoms with Gasteiger partial charge in [0.15, 0.2) is 0 Å². The van der Waals surface area contributed by atoms with Gasteiger partial charge in [0.1, 0.15) is 17.3 Å². The molecule has 3 aromatic carbocycles. The number of nitrogens with zero attached hydrogens (tertiary/aromatic N) is 2. The van der Waals surface area contributed by atoms with E-state index in [0.29, 0.717) is 43.2 Å². The molecule has 37 heavy (non-hydrogen) atoms. The van der Waals surface area contributed by atoms with Crippen LogP contribution in [0, 0.1) is 5.82 Å². The zero-order valence-electron chi connectivity index (χ0n) is 20.4. The summed E-state index contributed by atoms with van der Waals surface area (Å²) >= 11 is 0. The predicted molar refractivity (Wildman–Crippen MR) is 142 cm³/mol. The fourth-order valence-electron chi connectivity index (χ4n) is 4.49. The number of carbonyl (C=O) groups excluding carboxylic acids is 2. The van der Waals surface area contributed by atoms with Gasteiger partial charge in [0.05, 0.1) is 12.8 Å². The first-order valence-electron chi connectivity index (χ1n) is 12.1. The quantitative estimate of drug-likeness (QED) is 0.386. The minimum absolute atomic E-state index is 0.164. The zero-order chi connectivity index (χ0) is 25.8. The third kappa shape index (κ3) is 5.18. The number of fused-ring (bicyclic) bond motifs is 1. The summed E-state index contributed by atoms with van der Waals surface area (Å²) in [6.07, 6.45) is 3.48. The molecule has 2 heterocycles. The molecule has 1 saturated heterocycles. The maximum Gasteiger partial charge on any atom is 0.270 e. The number of amides is 2. The average Bonchev–Trinajstić information content (AvgIpc) is 3.34. The van der Waals surface area contributed by atoms with Crippen molar-refractivity contribution in [1.82, 2.24) is 15.2 Å². The number of hydrogen-bond acceptors (Lipinski definition) is 4. The van der Waals surface area contributed by atoms with Crippen molar-refractivity contribution in [2.24, 2.45) is 0 Å². The number of aromatic amines is 1. The minimum Gasteiger partial charge on any atom is -0.497 e. The highest BCUT2D eigenvalue weighted by Gasteiger charge is 2.26. The average molecular weight is 499 g/mol. The normalized spacial score (nSPS) is 14.1. The standard InChI is InChI=1S/C29H27FN4O3/c1-37-22-11-12-25-23(18-22)21(19-31-25)17-26(32-28(35)20-7-3-2-4-8-20)29(36)34-15-13-33(14-16-34)27-10-6-5-9-24(27)30/h2-12,17-19,31H,13-16H2,1H3,(H,32,35). The highest BCUT2D eigenvalue weighted by molar-refractivity contribution is 6.06. The molecule has 0 radical (unpaired) electrons. The van der Waals surface area contributed by atoms with Gasteiger partial charge in [0, 0.05) is 54.4 Å². The molecule has 5 rings (SSSR count).